The van der Waals surface area contributed by atoms with Crippen molar-refractivity contribution in [3.63, 3.8) is 0 Å². The quantitative estimate of drug-likeness (QED) is 0.275. The van der Waals surface area contributed by atoms with Crippen LogP contribution in [-0.2, 0) is 16.1 Å². The Morgan fingerprint density at radius 3 is 3.00 bits per heavy atom. The zero-order valence-corrected chi connectivity index (χ0v) is 18.1. The van der Waals surface area contributed by atoms with Gasteiger partial charge in [-0.15, -0.1) is 0 Å². The van der Waals surface area contributed by atoms with E-state index in [2.05, 4.69) is 42.9 Å². The summed E-state index contributed by atoms with van der Waals surface area (Å²) in [6.45, 7) is -2.34. The molecule has 0 radical (unpaired) electrons. The van der Waals surface area contributed by atoms with Gasteiger partial charge >= 0.3 is 0 Å². The van der Waals surface area contributed by atoms with E-state index in [0.717, 1.165) is 9.13 Å². The number of fused-ring (bicyclic) bond motifs is 1. The molecule has 4 rings (SSSR count). The first kappa shape index (κ1) is 17.6. The summed E-state index contributed by atoms with van der Waals surface area (Å²) < 4.78 is 29.3. The zero-order valence-electron chi connectivity index (χ0n) is 18.2. The number of halogens is 2. The maximum Gasteiger partial charge on any atom is 0.251 e. The maximum atomic E-state index is 12.2. The molecule has 158 valence electrons. The first-order chi connectivity index (χ1) is 15.5. The highest BCUT2D eigenvalue weighted by atomic mass is 127. The van der Waals surface area contributed by atoms with Crippen LogP contribution in [-0.4, -0.2) is 60.9 Å². The number of nitrogens with zero attached hydrogens (tertiary/aromatic N) is 4. The number of rotatable bonds is 5. The smallest absolute Gasteiger partial charge is 0.251 e. The lowest BCUT2D eigenvalue weighted by Crippen LogP contribution is -2.41. The Morgan fingerprint density at radius 2 is 2.23 bits per heavy atom. The molecule has 0 bridgehead atoms. The van der Waals surface area contributed by atoms with Gasteiger partial charge in [-0.1, -0.05) is 12.1 Å². The lowest BCUT2D eigenvalue weighted by Gasteiger charge is -2.16. The molecule has 1 amide bonds. The average molecular weight is 548 g/mol. The van der Waals surface area contributed by atoms with E-state index in [1.807, 2.05) is 24.3 Å². The van der Waals surface area contributed by atoms with Crippen molar-refractivity contribution in [2.24, 2.45) is 0 Å². The minimum absolute atomic E-state index is 0.0980. The summed E-state index contributed by atoms with van der Waals surface area (Å²) in [7, 11) is 0. The molecular formula is C18H18ClIN6O4. The number of hydrogen-bond acceptors (Lipinski definition) is 8. The lowest BCUT2D eigenvalue weighted by atomic mass is 10.1. The third-order valence-corrected chi connectivity index (χ3v) is 5.48. The molecule has 4 N–H and O–H groups in total. The molecule has 0 aliphatic carbocycles. The van der Waals surface area contributed by atoms with Crippen LogP contribution in [0, 0.1) is 3.57 Å². The fourth-order valence-electron chi connectivity index (χ4n) is 3.21. The van der Waals surface area contributed by atoms with Crippen molar-refractivity contribution in [3.05, 3.63) is 45.0 Å². The number of aliphatic hydroxyl groups excluding tert-OH is 2. The SMILES string of the molecule is [2H]C([2H])([2H])NC(=O)[C@H]1O[C@@H](n2cnc3c(NCc4cccc(I)c4)nc(Cl)nc32)[C@H](O)[C@@H]1O. The van der Waals surface area contributed by atoms with E-state index < -0.39 is 37.4 Å². The van der Waals surface area contributed by atoms with Crippen molar-refractivity contribution in [3.8, 4) is 0 Å². The Labute approximate surface area is 194 Å². The third-order valence-electron chi connectivity index (χ3n) is 4.64. The van der Waals surface area contributed by atoms with E-state index >= 15 is 0 Å². The van der Waals surface area contributed by atoms with Gasteiger partial charge in [-0.25, -0.2) is 4.98 Å². The molecular weight excluding hydrogens is 527 g/mol. The molecule has 0 unspecified atom stereocenters. The molecule has 10 nitrogen and oxygen atoms in total. The molecule has 30 heavy (non-hydrogen) atoms. The summed E-state index contributed by atoms with van der Waals surface area (Å²) in [4.78, 5) is 24.8. The number of carbonyl (C=O) groups excluding carboxylic acids is 1. The molecule has 1 aliphatic heterocycles. The molecule has 3 heterocycles. The largest absolute Gasteiger partial charge is 0.387 e. The van der Waals surface area contributed by atoms with Crippen LogP contribution < -0.4 is 10.6 Å². The van der Waals surface area contributed by atoms with E-state index in [9.17, 15) is 15.0 Å². The van der Waals surface area contributed by atoms with Gasteiger partial charge in [0.25, 0.3) is 5.91 Å². The van der Waals surface area contributed by atoms with Gasteiger partial charge in [-0.3, -0.25) is 9.36 Å². The first-order valence-electron chi connectivity index (χ1n) is 10.3. The predicted octanol–water partition coefficient (Wildman–Crippen LogP) is 1.06. The van der Waals surface area contributed by atoms with Crippen LogP contribution in [0.3, 0.4) is 0 Å². The Morgan fingerprint density at radius 1 is 1.40 bits per heavy atom. The normalized spacial score (nSPS) is 25.5. The number of aromatic nitrogens is 4. The van der Waals surface area contributed by atoms with Gasteiger partial charge in [0.2, 0.25) is 5.28 Å². The highest BCUT2D eigenvalue weighted by Crippen LogP contribution is 2.33. The summed E-state index contributed by atoms with van der Waals surface area (Å²) in [6, 6.07) is 7.85. The van der Waals surface area contributed by atoms with Crippen LogP contribution >= 0.6 is 34.2 Å². The van der Waals surface area contributed by atoms with Crippen LogP contribution in [0.25, 0.3) is 11.2 Å². The molecule has 1 aromatic carbocycles. The van der Waals surface area contributed by atoms with Crippen LogP contribution in [0.2, 0.25) is 5.28 Å². The second kappa shape index (κ2) is 8.59. The molecule has 2 aromatic heterocycles. The molecule has 4 atom stereocenters. The Bertz CT molecular complexity index is 1200. The number of amides is 1. The van der Waals surface area contributed by atoms with E-state index in [-0.39, 0.29) is 10.9 Å². The highest BCUT2D eigenvalue weighted by Gasteiger charge is 2.47. The Hall–Kier alpha value is -2.06. The van der Waals surface area contributed by atoms with Gasteiger partial charge in [-0.05, 0) is 51.9 Å². The predicted molar refractivity (Wildman–Crippen MR) is 117 cm³/mol. The number of benzene rings is 1. The second-order valence-corrected chi connectivity index (χ2v) is 8.15. The fourth-order valence-corrected chi connectivity index (χ4v) is 3.98. The Balaban J connectivity index is 1.60. The third kappa shape index (κ3) is 3.95. The van der Waals surface area contributed by atoms with Crippen LogP contribution in [0.5, 0.6) is 0 Å². The first-order valence-corrected chi connectivity index (χ1v) is 10.2. The molecule has 0 spiro atoms. The van der Waals surface area contributed by atoms with Crippen molar-refractivity contribution >= 4 is 57.1 Å². The number of anilines is 1. The lowest BCUT2D eigenvalue weighted by molar-refractivity contribution is -0.137. The number of nitrogens with one attached hydrogen (secondary N) is 2. The van der Waals surface area contributed by atoms with Crippen LogP contribution in [0.4, 0.5) is 5.82 Å². The van der Waals surface area contributed by atoms with Crippen molar-refractivity contribution < 1.29 is 23.9 Å². The molecule has 1 aliphatic rings. The highest BCUT2D eigenvalue weighted by molar-refractivity contribution is 14.1. The van der Waals surface area contributed by atoms with Crippen molar-refractivity contribution in [1.29, 1.82) is 0 Å². The van der Waals surface area contributed by atoms with Crippen molar-refractivity contribution in [2.75, 3.05) is 12.3 Å². The van der Waals surface area contributed by atoms with Gasteiger partial charge in [0.15, 0.2) is 29.3 Å². The van der Waals surface area contributed by atoms with Crippen LogP contribution in [0.15, 0.2) is 30.6 Å². The zero-order chi connectivity index (χ0) is 23.9. The van der Waals surface area contributed by atoms with Gasteiger partial charge < -0.3 is 25.6 Å². The number of likely N-dealkylation sites (N-methyl/N-ethyl adjacent to an activating group) is 1. The minimum atomic E-state index is -2.77. The van der Waals surface area contributed by atoms with E-state index in [1.165, 1.54) is 10.9 Å². The number of aliphatic hydroxyl groups is 2. The van der Waals surface area contributed by atoms with E-state index in [1.54, 1.807) is 5.32 Å². The van der Waals surface area contributed by atoms with Gasteiger partial charge in [0.1, 0.15) is 12.2 Å². The molecule has 1 fully saturated rings. The Kier molecular flexibility index (Phi) is 5.04. The summed E-state index contributed by atoms with van der Waals surface area (Å²) in [5.41, 5.74) is 1.52. The average Bonchev–Trinajstić information content (AvgIpc) is 3.26. The monoisotopic (exact) mass is 547 g/mol. The maximum absolute atomic E-state index is 12.2. The standard InChI is InChI=1S/C18H18ClIN6O4/c1-21-16(29)13-11(27)12(28)17(30-13)26-7-23-10-14(24-18(19)25-15(10)26)22-6-8-3-2-4-9(20)5-8/h2-5,7,11-13,17,27-28H,6H2,1H3,(H,21,29)(H,22,24,25)/t11-,12+,13-,17+/m0/s1/i1D3. The van der Waals surface area contributed by atoms with Crippen molar-refractivity contribution in [2.45, 2.75) is 31.1 Å². The number of hydrogen-bond donors (Lipinski definition) is 4. The number of imidazole rings is 1. The van der Waals surface area contributed by atoms with Gasteiger partial charge in [0, 0.05) is 21.2 Å². The van der Waals surface area contributed by atoms with Crippen molar-refractivity contribution in [1.82, 2.24) is 24.8 Å². The van der Waals surface area contributed by atoms with Gasteiger partial charge in [0.05, 0.1) is 6.33 Å². The number of carbonyl (C=O) groups is 1. The summed E-state index contributed by atoms with van der Waals surface area (Å²) in [5, 5.41) is 25.6. The molecule has 0 saturated carbocycles. The van der Waals surface area contributed by atoms with Crippen LogP contribution in [0.1, 0.15) is 15.9 Å². The second-order valence-electron chi connectivity index (χ2n) is 6.57. The molecule has 1 saturated heterocycles. The molecule has 3 aromatic rings. The summed E-state index contributed by atoms with van der Waals surface area (Å²) in [6.07, 6.45) is -4.82. The van der Waals surface area contributed by atoms with E-state index in [4.69, 9.17) is 20.5 Å². The van der Waals surface area contributed by atoms with Gasteiger partial charge in [-0.2, -0.15) is 9.97 Å². The topological polar surface area (TPSA) is 134 Å². The summed E-state index contributed by atoms with van der Waals surface area (Å²) >= 11 is 8.31. The summed E-state index contributed by atoms with van der Waals surface area (Å²) in [5.74, 6) is -0.742. The van der Waals surface area contributed by atoms with E-state index in [0.29, 0.717) is 17.9 Å². The fraction of sp³-hybridized carbons (Fsp3) is 0.333. The minimum Gasteiger partial charge on any atom is -0.387 e. The number of ether oxygens (including phenoxy) is 1. The molecule has 12 heteroatoms.